The van der Waals surface area contributed by atoms with Gasteiger partial charge in [-0.1, -0.05) is 30.9 Å². The molecule has 0 spiro atoms. The van der Waals surface area contributed by atoms with E-state index < -0.39 is 0 Å². The third-order valence-corrected chi connectivity index (χ3v) is 4.21. The lowest BCUT2D eigenvalue weighted by Crippen LogP contribution is -2.43. The molecule has 0 aromatic heterocycles. The zero-order valence-corrected chi connectivity index (χ0v) is 10.6. The molecular formula is C10H21NS2. The second-order valence-electron chi connectivity index (χ2n) is 4.87. The highest BCUT2D eigenvalue weighted by Crippen LogP contribution is 2.34. The molecule has 1 rings (SSSR count). The molecule has 0 heterocycles. The Labute approximate surface area is 91.6 Å². The summed E-state index contributed by atoms with van der Waals surface area (Å²) >= 11 is 4.36. The predicted octanol–water partition coefficient (Wildman–Crippen LogP) is 3.91. The van der Waals surface area contributed by atoms with Gasteiger partial charge in [-0.25, -0.2) is 4.31 Å². The van der Waals surface area contributed by atoms with Crippen LogP contribution in [-0.4, -0.2) is 15.9 Å². The maximum Gasteiger partial charge on any atom is 0.0240 e. The molecule has 1 aliphatic rings. The number of hydrogen-bond acceptors (Lipinski definition) is 3. The van der Waals surface area contributed by atoms with E-state index in [4.69, 9.17) is 0 Å². The molecular weight excluding hydrogens is 198 g/mol. The van der Waals surface area contributed by atoms with Gasteiger partial charge in [0.2, 0.25) is 0 Å². The van der Waals surface area contributed by atoms with Gasteiger partial charge in [0.25, 0.3) is 0 Å². The first-order valence-corrected chi connectivity index (χ1v) is 6.99. The van der Waals surface area contributed by atoms with Crippen LogP contribution in [0, 0.1) is 0 Å². The largest absolute Gasteiger partial charge is 0.233 e. The number of rotatable bonds is 2. The lowest BCUT2D eigenvalue weighted by Gasteiger charge is -2.40. The van der Waals surface area contributed by atoms with Crippen LogP contribution in [0.4, 0.5) is 0 Å². The van der Waals surface area contributed by atoms with Crippen LogP contribution in [0.25, 0.3) is 0 Å². The minimum absolute atomic E-state index is 0.244. The molecule has 13 heavy (non-hydrogen) atoms. The first-order chi connectivity index (χ1) is 6.05. The fraction of sp³-hybridized carbons (Fsp3) is 1.00. The van der Waals surface area contributed by atoms with Crippen molar-refractivity contribution in [3.63, 3.8) is 0 Å². The summed E-state index contributed by atoms with van der Waals surface area (Å²) in [5.41, 5.74) is 0.244. The molecule has 0 aromatic carbocycles. The van der Waals surface area contributed by atoms with Crippen LogP contribution in [0.15, 0.2) is 0 Å². The van der Waals surface area contributed by atoms with E-state index in [1.165, 1.54) is 32.1 Å². The molecule has 3 heteroatoms. The summed E-state index contributed by atoms with van der Waals surface area (Å²) in [4.78, 5) is 0. The van der Waals surface area contributed by atoms with Gasteiger partial charge in [0, 0.05) is 11.6 Å². The summed E-state index contributed by atoms with van der Waals surface area (Å²) in [6, 6.07) is 0.747. The molecule has 0 unspecified atom stereocenters. The van der Waals surface area contributed by atoms with E-state index in [9.17, 15) is 0 Å². The van der Waals surface area contributed by atoms with Crippen LogP contribution in [0.1, 0.15) is 52.9 Å². The van der Waals surface area contributed by atoms with Crippen LogP contribution >= 0.6 is 22.6 Å². The standard InChI is InChI=1S/C10H21NS2/c1-10(2,3)11(13-12)9-7-5-4-6-8-9/h9,12H,4-8H2,1-3H3. The topological polar surface area (TPSA) is 3.24 Å². The summed E-state index contributed by atoms with van der Waals surface area (Å²) in [5.74, 6) is 0. The molecule has 1 saturated carbocycles. The fourth-order valence-electron chi connectivity index (χ4n) is 2.05. The Kier molecular flexibility index (Phi) is 4.46. The van der Waals surface area contributed by atoms with E-state index in [1.54, 1.807) is 11.0 Å². The van der Waals surface area contributed by atoms with Gasteiger partial charge in [0.1, 0.15) is 0 Å². The normalized spacial score (nSPS) is 21.0. The smallest absolute Gasteiger partial charge is 0.0240 e. The minimum atomic E-state index is 0.244. The van der Waals surface area contributed by atoms with Gasteiger partial charge in [-0.15, -0.1) is 0 Å². The van der Waals surface area contributed by atoms with Crippen LogP contribution in [-0.2, 0) is 0 Å². The number of nitrogens with zero attached hydrogens (tertiary/aromatic N) is 1. The second kappa shape index (κ2) is 4.94. The molecule has 0 saturated heterocycles. The van der Waals surface area contributed by atoms with E-state index in [1.807, 2.05) is 0 Å². The van der Waals surface area contributed by atoms with Gasteiger partial charge in [-0.2, -0.15) is 0 Å². The number of hydrogen-bond donors (Lipinski definition) is 1. The Balaban J connectivity index is 2.54. The van der Waals surface area contributed by atoms with Crippen LogP contribution in [0.2, 0.25) is 0 Å². The zero-order chi connectivity index (χ0) is 9.90. The van der Waals surface area contributed by atoms with Gasteiger partial charge in [0.05, 0.1) is 0 Å². The first kappa shape index (κ1) is 11.7. The summed E-state index contributed by atoms with van der Waals surface area (Å²) in [6.45, 7) is 6.81. The van der Waals surface area contributed by atoms with Crippen LogP contribution in [0.5, 0.6) is 0 Å². The molecule has 0 atom stereocenters. The Hall–Kier alpha value is 0.660. The molecule has 1 nitrogen and oxygen atoms in total. The highest BCUT2D eigenvalue weighted by molar-refractivity contribution is 8.67. The van der Waals surface area contributed by atoms with Crippen LogP contribution in [0.3, 0.4) is 0 Å². The van der Waals surface area contributed by atoms with E-state index >= 15 is 0 Å². The van der Waals surface area contributed by atoms with Crippen molar-refractivity contribution in [1.82, 2.24) is 4.31 Å². The molecule has 0 amide bonds. The molecule has 1 aliphatic carbocycles. The van der Waals surface area contributed by atoms with E-state index in [0.29, 0.717) is 0 Å². The molecule has 0 bridgehead atoms. The van der Waals surface area contributed by atoms with E-state index in [0.717, 1.165) is 6.04 Å². The van der Waals surface area contributed by atoms with Crippen molar-refractivity contribution in [1.29, 1.82) is 0 Å². The second-order valence-corrected chi connectivity index (χ2v) is 5.92. The minimum Gasteiger partial charge on any atom is -0.233 e. The highest BCUT2D eigenvalue weighted by Gasteiger charge is 2.29. The quantitative estimate of drug-likeness (QED) is 0.426. The zero-order valence-electron chi connectivity index (χ0n) is 8.92. The van der Waals surface area contributed by atoms with Crippen molar-refractivity contribution < 1.29 is 0 Å². The monoisotopic (exact) mass is 219 g/mol. The lowest BCUT2D eigenvalue weighted by atomic mass is 9.93. The van der Waals surface area contributed by atoms with Crippen molar-refractivity contribution >= 4 is 22.6 Å². The summed E-state index contributed by atoms with van der Waals surface area (Å²) in [7, 11) is 1.61. The molecule has 0 aromatic rings. The highest BCUT2D eigenvalue weighted by atomic mass is 33.1. The first-order valence-electron chi connectivity index (χ1n) is 5.16. The molecule has 78 valence electrons. The van der Waals surface area contributed by atoms with Crippen molar-refractivity contribution in [2.24, 2.45) is 0 Å². The molecule has 0 aliphatic heterocycles. The van der Waals surface area contributed by atoms with Gasteiger partial charge >= 0.3 is 0 Å². The predicted molar refractivity (Wildman–Crippen MR) is 65.0 cm³/mol. The maximum absolute atomic E-state index is 4.36. The van der Waals surface area contributed by atoms with Crippen molar-refractivity contribution in [3.05, 3.63) is 0 Å². The summed E-state index contributed by atoms with van der Waals surface area (Å²) < 4.78 is 2.45. The van der Waals surface area contributed by atoms with E-state index in [-0.39, 0.29) is 5.54 Å². The Morgan fingerprint density at radius 2 is 1.69 bits per heavy atom. The fourth-order valence-corrected chi connectivity index (χ4v) is 3.78. The third kappa shape index (κ3) is 3.37. The molecule has 0 N–H and O–H groups in total. The maximum atomic E-state index is 4.36. The summed E-state index contributed by atoms with van der Waals surface area (Å²) in [6.07, 6.45) is 6.92. The number of thiol groups is 1. The van der Waals surface area contributed by atoms with Gasteiger partial charge in [0.15, 0.2) is 0 Å². The summed E-state index contributed by atoms with van der Waals surface area (Å²) in [5, 5.41) is 0. The molecule has 1 fully saturated rings. The third-order valence-electron chi connectivity index (χ3n) is 2.66. The Morgan fingerprint density at radius 1 is 1.15 bits per heavy atom. The Morgan fingerprint density at radius 3 is 2.08 bits per heavy atom. The van der Waals surface area contributed by atoms with Gasteiger partial charge in [-0.3, -0.25) is 0 Å². The van der Waals surface area contributed by atoms with Gasteiger partial charge in [-0.05, 0) is 44.6 Å². The van der Waals surface area contributed by atoms with Crippen molar-refractivity contribution in [2.45, 2.75) is 64.5 Å². The van der Waals surface area contributed by atoms with Crippen LogP contribution < -0.4 is 0 Å². The Bertz CT molecular complexity index is 147. The van der Waals surface area contributed by atoms with Crippen molar-refractivity contribution in [3.8, 4) is 0 Å². The molecule has 0 radical (unpaired) electrons. The SMILES string of the molecule is CC(C)(C)N(SS)C1CCCCC1. The average Bonchev–Trinajstić information content (AvgIpc) is 2.05. The lowest BCUT2D eigenvalue weighted by molar-refractivity contribution is 0.174. The van der Waals surface area contributed by atoms with Gasteiger partial charge < -0.3 is 0 Å². The average molecular weight is 219 g/mol. The van der Waals surface area contributed by atoms with Crippen molar-refractivity contribution in [2.75, 3.05) is 0 Å². The van der Waals surface area contributed by atoms with E-state index in [2.05, 4.69) is 36.7 Å².